The highest BCUT2D eigenvalue weighted by molar-refractivity contribution is 5.26. The third-order valence-corrected chi connectivity index (χ3v) is 5.73. The lowest BCUT2D eigenvalue weighted by Gasteiger charge is -2.33. The number of likely N-dealkylation sites (N-methyl/N-ethyl adjacent to an activating group) is 1. The van der Waals surface area contributed by atoms with Crippen molar-refractivity contribution in [1.29, 1.82) is 0 Å². The number of aryl methyl sites for hydroxylation is 1. The fraction of sp³-hybridized carbons (Fsp3) is 0.667. The van der Waals surface area contributed by atoms with Crippen LogP contribution < -0.4 is 5.73 Å². The zero-order chi connectivity index (χ0) is 15.0. The summed E-state index contributed by atoms with van der Waals surface area (Å²) in [7, 11) is 2.17. The van der Waals surface area contributed by atoms with Crippen LogP contribution in [0.25, 0.3) is 0 Å². The van der Waals surface area contributed by atoms with Gasteiger partial charge in [-0.05, 0) is 68.2 Å². The molecule has 2 fully saturated rings. The maximum absolute atomic E-state index is 13.5. The first kappa shape index (κ1) is 15.0. The highest BCUT2D eigenvalue weighted by Gasteiger charge is 2.40. The lowest BCUT2D eigenvalue weighted by atomic mass is 9.88. The molecule has 4 atom stereocenters. The first-order chi connectivity index (χ1) is 10.1. The highest BCUT2D eigenvalue weighted by Crippen LogP contribution is 2.48. The van der Waals surface area contributed by atoms with Crippen LogP contribution in [0, 0.1) is 30.5 Å². The van der Waals surface area contributed by atoms with Crippen LogP contribution >= 0.6 is 0 Å². The third-order valence-electron chi connectivity index (χ3n) is 5.73. The van der Waals surface area contributed by atoms with E-state index in [1.807, 2.05) is 19.1 Å². The Hall–Kier alpha value is -0.930. The van der Waals surface area contributed by atoms with Gasteiger partial charge in [-0.15, -0.1) is 0 Å². The zero-order valence-corrected chi connectivity index (χ0v) is 13.2. The second-order valence-corrected chi connectivity index (χ2v) is 7.13. The average Bonchev–Trinajstić information content (AvgIpc) is 3.06. The molecule has 116 valence electrons. The quantitative estimate of drug-likeness (QED) is 0.899. The van der Waals surface area contributed by atoms with E-state index in [9.17, 15) is 4.39 Å². The standard InChI is InChI=1S/C18H27FN2/c1-12-7-15(5-6-17(12)19)18(10-20)21(2)11-16-9-13-3-4-14(16)8-13/h5-7,13-14,16,18H,3-4,8-11,20H2,1-2H3. The molecule has 1 aromatic rings. The predicted molar refractivity (Wildman–Crippen MR) is 84.5 cm³/mol. The first-order valence-electron chi connectivity index (χ1n) is 8.24. The molecule has 21 heavy (non-hydrogen) atoms. The smallest absolute Gasteiger partial charge is 0.126 e. The lowest BCUT2D eigenvalue weighted by molar-refractivity contribution is 0.176. The molecule has 2 N–H and O–H groups in total. The Bertz CT molecular complexity index is 502. The van der Waals surface area contributed by atoms with Crippen molar-refractivity contribution in [2.75, 3.05) is 20.1 Å². The van der Waals surface area contributed by atoms with Gasteiger partial charge in [0.15, 0.2) is 0 Å². The molecule has 0 spiro atoms. The second-order valence-electron chi connectivity index (χ2n) is 7.13. The van der Waals surface area contributed by atoms with Gasteiger partial charge in [0.05, 0.1) is 0 Å². The fourth-order valence-corrected chi connectivity index (χ4v) is 4.54. The van der Waals surface area contributed by atoms with Crippen LogP contribution in [0.2, 0.25) is 0 Å². The largest absolute Gasteiger partial charge is 0.329 e. The average molecular weight is 290 g/mol. The molecule has 2 saturated carbocycles. The molecule has 2 nitrogen and oxygen atoms in total. The summed E-state index contributed by atoms with van der Waals surface area (Å²) in [6.07, 6.45) is 5.71. The number of hydrogen-bond acceptors (Lipinski definition) is 2. The molecule has 2 aliphatic rings. The Kier molecular flexibility index (Phi) is 4.32. The summed E-state index contributed by atoms with van der Waals surface area (Å²) in [5.41, 5.74) is 7.86. The minimum Gasteiger partial charge on any atom is -0.329 e. The Labute approximate surface area is 127 Å². The molecule has 4 unspecified atom stereocenters. The molecule has 3 heteroatoms. The van der Waals surface area contributed by atoms with Crippen molar-refractivity contribution in [2.45, 2.75) is 38.6 Å². The van der Waals surface area contributed by atoms with E-state index < -0.39 is 0 Å². The minimum atomic E-state index is -0.134. The van der Waals surface area contributed by atoms with Crippen molar-refractivity contribution >= 4 is 0 Å². The van der Waals surface area contributed by atoms with Crippen LogP contribution in [0.4, 0.5) is 4.39 Å². The monoisotopic (exact) mass is 290 g/mol. The molecule has 2 aliphatic carbocycles. The Balaban J connectivity index is 1.68. The normalized spacial score (nSPS) is 29.3. The van der Waals surface area contributed by atoms with E-state index in [2.05, 4.69) is 11.9 Å². The van der Waals surface area contributed by atoms with Crippen molar-refractivity contribution in [3.05, 3.63) is 35.1 Å². The molecular formula is C18H27FN2. The molecule has 0 aliphatic heterocycles. The van der Waals surface area contributed by atoms with Gasteiger partial charge in [-0.2, -0.15) is 0 Å². The number of rotatable bonds is 5. The molecule has 0 heterocycles. The maximum atomic E-state index is 13.5. The topological polar surface area (TPSA) is 29.3 Å². The van der Waals surface area contributed by atoms with Gasteiger partial charge >= 0.3 is 0 Å². The summed E-state index contributed by atoms with van der Waals surface area (Å²) in [5, 5.41) is 0. The van der Waals surface area contributed by atoms with Crippen LogP contribution in [0.3, 0.4) is 0 Å². The van der Waals surface area contributed by atoms with Gasteiger partial charge < -0.3 is 5.73 Å². The summed E-state index contributed by atoms with van der Waals surface area (Å²) in [5.74, 6) is 2.62. The SMILES string of the molecule is Cc1cc(C(CN)N(C)CC2CC3CCC2C3)ccc1F. The summed E-state index contributed by atoms with van der Waals surface area (Å²) in [4.78, 5) is 2.39. The summed E-state index contributed by atoms with van der Waals surface area (Å²) in [6, 6.07) is 5.60. The number of nitrogens with zero attached hydrogens (tertiary/aromatic N) is 1. The van der Waals surface area contributed by atoms with E-state index in [-0.39, 0.29) is 11.9 Å². The van der Waals surface area contributed by atoms with Crippen LogP contribution in [0.5, 0.6) is 0 Å². The van der Waals surface area contributed by atoms with Gasteiger partial charge in [-0.3, -0.25) is 4.90 Å². The summed E-state index contributed by atoms with van der Waals surface area (Å²) >= 11 is 0. The van der Waals surface area contributed by atoms with Crippen molar-refractivity contribution in [2.24, 2.45) is 23.5 Å². The molecule has 0 saturated heterocycles. The molecule has 0 radical (unpaired) electrons. The van der Waals surface area contributed by atoms with Gasteiger partial charge in [0.1, 0.15) is 5.82 Å². The Morgan fingerprint density at radius 2 is 2.14 bits per heavy atom. The molecule has 0 amide bonds. The van der Waals surface area contributed by atoms with Crippen molar-refractivity contribution in [3.8, 4) is 0 Å². The van der Waals surface area contributed by atoms with Gasteiger partial charge in [0.25, 0.3) is 0 Å². The van der Waals surface area contributed by atoms with Crippen molar-refractivity contribution in [1.82, 2.24) is 4.90 Å². The predicted octanol–water partition coefficient (Wildman–Crippen LogP) is 3.50. The molecule has 1 aromatic carbocycles. The second kappa shape index (κ2) is 6.05. The van der Waals surface area contributed by atoms with E-state index in [4.69, 9.17) is 5.73 Å². The summed E-state index contributed by atoms with van der Waals surface area (Å²) < 4.78 is 13.5. The van der Waals surface area contributed by atoms with Gasteiger partial charge in [-0.1, -0.05) is 18.6 Å². The summed E-state index contributed by atoms with van der Waals surface area (Å²) in [6.45, 7) is 3.53. The minimum absolute atomic E-state index is 0.134. The van der Waals surface area contributed by atoms with E-state index in [1.54, 1.807) is 6.07 Å². The number of halogens is 1. The van der Waals surface area contributed by atoms with Crippen LogP contribution in [0.1, 0.15) is 42.9 Å². The van der Waals surface area contributed by atoms with Gasteiger partial charge in [0, 0.05) is 19.1 Å². The Morgan fingerprint density at radius 1 is 1.33 bits per heavy atom. The lowest BCUT2D eigenvalue weighted by Crippen LogP contribution is -2.35. The fourth-order valence-electron chi connectivity index (χ4n) is 4.54. The van der Waals surface area contributed by atoms with Crippen LogP contribution in [0.15, 0.2) is 18.2 Å². The van der Waals surface area contributed by atoms with Crippen LogP contribution in [-0.4, -0.2) is 25.0 Å². The highest BCUT2D eigenvalue weighted by atomic mass is 19.1. The molecule has 3 rings (SSSR count). The van der Waals surface area contributed by atoms with E-state index in [1.165, 1.54) is 25.7 Å². The molecular weight excluding hydrogens is 263 g/mol. The molecule has 2 bridgehead atoms. The van der Waals surface area contributed by atoms with Crippen molar-refractivity contribution < 1.29 is 4.39 Å². The van der Waals surface area contributed by atoms with Crippen LogP contribution in [-0.2, 0) is 0 Å². The Morgan fingerprint density at radius 3 is 2.71 bits per heavy atom. The maximum Gasteiger partial charge on any atom is 0.126 e. The van der Waals surface area contributed by atoms with E-state index in [0.717, 1.165) is 29.9 Å². The number of fused-ring (bicyclic) bond motifs is 2. The first-order valence-corrected chi connectivity index (χ1v) is 8.24. The van der Waals surface area contributed by atoms with Crippen molar-refractivity contribution in [3.63, 3.8) is 0 Å². The third kappa shape index (κ3) is 3.00. The number of benzene rings is 1. The number of hydrogen-bond donors (Lipinski definition) is 1. The zero-order valence-electron chi connectivity index (χ0n) is 13.2. The van der Waals surface area contributed by atoms with Gasteiger partial charge in [0.2, 0.25) is 0 Å². The molecule has 0 aromatic heterocycles. The van der Waals surface area contributed by atoms with Gasteiger partial charge in [-0.25, -0.2) is 4.39 Å². The van der Waals surface area contributed by atoms with E-state index in [0.29, 0.717) is 12.1 Å². The van der Waals surface area contributed by atoms with E-state index >= 15 is 0 Å². The number of nitrogens with two attached hydrogens (primary N) is 1.